The summed E-state index contributed by atoms with van der Waals surface area (Å²) in [6.45, 7) is 32.6. The van der Waals surface area contributed by atoms with Crippen molar-refractivity contribution in [2.24, 2.45) is 0 Å². The van der Waals surface area contributed by atoms with Gasteiger partial charge in [-0.2, -0.15) is 0 Å². The standard InChI is InChI=1S/C87H78N2.C18H33P.C7H6.2ClH.Ru/c1-54-35-55(2)40-70(39-54)76-51-78(82(74-43-58(5)37-59(6)44-74)84(68-29-21-15-22-30-68)80(76)66-25-17-13-18-26-66)72-47-62(9)86(63(10)48-72)88-33-34-89(53-88)87-64(11)49-73(50-65(87)12)79-52-77(71-41-56(3)36-57(4)42-71)81(67-27-19-14-20-28-67)85(69-31-23-16-24-32-69)83(79)75-45-60(7)38-61(8)46-75;1-4-10-16(11-5-1)19(17-12-6-2-7-13-17)18-14-8-3-9-15-18;1-7-5-3-2-4-6-7;;;/h13-32,35-52H,33-34H2,1-12H3;16-18H,1-15H2;1-6H;2*1H;/q;;;;;+2/p-2. The van der Waals surface area contributed by atoms with Crippen molar-refractivity contribution < 1.29 is 13.5 Å². The first-order valence-electron chi connectivity index (χ1n) is 43.5. The molecule has 0 bridgehead atoms. The molecule has 1 aliphatic heterocycles. The van der Waals surface area contributed by atoms with Gasteiger partial charge in [0.15, 0.2) is 0 Å². The van der Waals surface area contributed by atoms with Crippen LogP contribution in [0.15, 0.2) is 261 Å². The first kappa shape index (κ1) is 84.0. The molecule has 13 aromatic carbocycles. The normalized spacial score (nSPS) is 14.9. The Kier molecular flexibility index (Phi) is 27.5. The molecule has 13 aromatic rings. The second-order valence-electron chi connectivity index (χ2n) is 34.5. The number of aryl methyl sites for hydroxylation is 12. The number of hydrogen-bond acceptors (Lipinski definition) is 2. The Morgan fingerprint density at radius 2 is 0.508 bits per heavy atom. The summed E-state index contributed by atoms with van der Waals surface area (Å²) in [6.07, 6.45) is 23.6. The summed E-state index contributed by atoms with van der Waals surface area (Å²) >= 11 is -1.61. The minimum atomic E-state index is -1.61. The van der Waals surface area contributed by atoms with Crippen molar-refractivity contribution >= 4 is 43.3 Å². The van der Waals surface area contributed by atoms with Crippen LogP contribution in [0.3, 0.4) is 0 Å². The Labute approximate surface area is 721 Å². The Balaban J connectivity index is 0.000000312. The van der Waals surface area contributed by atoms with E-state index in [2.05, 4.69) is 330 Å². The summed E-state index contributed by atoms with van der Waals surface area (Å²) in [5.74, 6) is 0. The molecule has 2 radical (unpaired) electrons. The van der Waals surface area contributed by atoms with Crippen molar-refractivity contribution in [2.75, 3.05) is 22.9 Å². The topological polar surface area (TPSA) is 6.48 Å². The van der Waals surface area contributed by atoms with Crippen molar-refractivity contribution in [3.05, 3.63) is 340 Å². The van der Waals surface area contributed by atoms with Gasteiger partial charge in [0.1, 0.15) is 0 Å². The van der Waals surface area contributed by atoms with Crippen LogP contribution >= 0.6 is 27.3 Å². The van der Waals surface area contributed by atoms with Crippen LogP contribution in [-0.4, -0.2) is 34.7 Å². The van der Waals surface area contributed by atoms with Gasteiger partial charge in [0.05, 0.1) is 0 Å². The fraction of sp³-hybridized carbons (Fsp3) is 0.286. The number of anilines is 2. The maximum absolute atomic E-state index is 5.67. The van der Waals surface area contributed by atoms with Crippen LogP contribution in [0.1, 0.15) is 169 Å². The third kappa shape index (κ3) is 19.5. The molecule has 0 spiro atoms. The van der Waals surface area contributed by atoms with E-state index in [1.165, 1.54) is 226 Å². The third-order valence-electron chi connectivity index (χ3n) is 24.9. The number of benzene rings is 13. The van der Waals surface area contributed by atoms with E-state index in [1.807, 2.05) is 34.9 Å². The summed E-state index contributed by atoms with van der Waals surface area (Å²) in [7, 11) is 11.7. The molecule has 602 valence electrons. The summed E-state index contributed by atoms with van der Waals surface area (Å²) < 4.78 is 1.92. The van der Waals surface area contributed by atoms with Crippen LogP contribution < -0.4 is 9.80 Å². The molecule has 0 N–H and O–H groups in total. The van der Waals surface area contributed by atoms with Crippen molar-refractivity contribution in [2.45, 2.75) is 196 Å². The Hall–Kier alpha value is -9.04. The SMILES string of the molecule is C1CCC(P(C2CCCCC2)C2CCCCC2)CC1.Cc1cc(C)cc(-c2cc(-c3cc(C)c(N4[C]N(c5c(C)cc(-c6cc(-c7cc(C)cc(C)c7)c(-c7ccccc7)c(-c7ccccc7)c6-c6cc(C)cc(C)c6)cc5C)CC4)c(C)c3)c(-c3cc(C)cc(C)c3)c(-c3ccccc3)c2-c2ccccc2)c1.[Cl][Ru]([Cl])=[CH]c1ccccc1. The fourth-order valence-electron chi connectivity index (χ4n) is 20.5. The number of nitrogens with zero attached hydrogens (tertiary/aromatic N) is 2. The van der Waals surface area contributed by atoms with Crippen molar-refractivity contribution in [3.63, 3.8) is 0 Å². The van der Waals surface area contributed by atoms with Gasteiger partial charge in [0.2, 0.25) is 6.67 Å². The third-order valence-corrected chi connectivity index (χ3v) is 30.9. The molecule has 3 aliphatic carbocycles. The molecule has 1 heterocycles. The molecule has 17 rings (SSSR count). The van der Waals surface area contributed by atoms with Gasteiger partial charge in [-0.3, -0.25) is 0 Å². The van der Waals surface area contributed by atoms with E-state index in [-0.39, 0.29) is 0 Å². The molecule has 1 saturated heterocycles. The maximum atomic E-state index is 5.67. The summed E-state index contributed by atoms with van der Waals surface area (Å²) in [5.41, 5.74) is 46.4. The minimum absolute atomic E-state index is 0.385. The van der Waals surface area contributed by atoms with Crippen molar-refractivity contribution in [3.8, 4) is 111 Å². The first-order valence-corrected chi connectivity index (χ1v) is 50.5. The van der Waals surface area contributed by atoms with Gasteiger partial charge in [-0.1, -0.05) is 304 Å². The molecule has 6 heteroatoms. The zero-order valence-electron chi connectivity index (χ0n) is 71.6. The van der Waals surface area contributed by atoms with Crippen LogP contribution in [0.2, 0.25) is 0 Å². The number of halogens is 2. The molecule has 0 atom stereocenters. The van der Waals surface area contributed by atoms with Crippen LogP contribution in [0.4, 0.5) is 11.4 Å². The van der Waals surface area contributed by atoms with E-state index in [0.29, 0.717) is 7.92 Å². The predicted octanol–water partition coefficient (Wildman–Crippen LogP) is 32.6. The Morgan fingerprint density at radius 3 is 0.780 bits per heavy atom. The van der Waals surface area contributed by atoms with Gasteiger partial charge in [-0.15, -0.1) is 0 Å². The van der Waals surface area contributed by atoms with E-state index in [0.717, 1.165) is 18.7 Å². The van der Waals surface area contributed by atoms with Gasteiger partial charge in [-0.25, -0.2) is 0 Å². The molecule has 2 nitrogen and oxygen atoms in total. The molecular weight excluding hydrogens is 1580 g/mol. The van der Waals surface area contributed by atoms with Crippen LogP contribution in [0.25, 0.3) is 111 Å². The first-order chi connectivity index (χ1) is 57.3. The predicted molar refractivity (Wildman–Crippen MR) is 513 cm³/mol. The molecule has 0 unspecified atom stereocenters. The van der Waals surface area contributed by atoms with Crippen LogP contribution in [-0.2, 0) is 13.5 Å². The molecule has 3 saturated carbocycles. The molecule has 118 heavy (non-hydrogen) atoms. The van der Waals surface area contributed by atoms with E-state index in [1.54, 1.807) is 77.0 Å². The molecule has 4 fully saturated rings. The van der Waals surface area contributed by atoms with Crippen LogP contribution in [0.5, 0.6) is 0 Å². The van der Waals surface area contributed by atoms with E-state index in [4.69, 9.17) is 19.4 Å². The summed E-state index contributed by atoms with van der Waals surface area (Å²) in [5, 5.41) is 0. The Morgan fingerprint density at radius 1 is 0.271 bits per heavy atom. The van der Waals surface area contributed by atoms with E-state index in [9.17, 15) is 0 Å². The molecular formula is C112H117Cl2N2PRu. The average molecular weight is 1690 g/mol. The number of hydrogen-bond donors (Lipinski definition) is 0. The second kappa shape index (κ2) is 38.6. The van der Waals surface area contributed by atoms with Gasteiger partial charge in [-0.05, 0) is 309 Å². The quantitative estimate of drug-likeness (QED) is 0.0703. The average Bonchev–Trinajstić information content (AvgIpc) is 0.782. The second-order valence-corrected chi connectivity index (χ2v) is 43.3. The summed E-state index contributed by atoms with van der Waals surface area (Å²) in [4.78, 5) is 4.76. The molecule has 0 amide bonds. The van der Waals surface area contributed by atoms with Crippen molar-refractivity contribution in [1.29, 1.82) is 0 Å². The molecule has 4 aliphatic rings. The van der Waals surface area contributed by atoms with Crippen LogP contribution in [0, 0.1) is 89.8 Å². The monoisotopic (exact) mass is 1690 g/mol. The summed E-state index contributed by atoms with van der Waals surface area (Å²) in [6, 6.07) is 97.0. The van der Waals surface area contributed by atoms with Gasteiger partial charge in [0, 0.05) is 24.5 Å². The zero-order valence-corrected chi connectivity index (χ0v) is 75.8. The van der Waals surface area contributed by atoms with Crippen molar-refractivity contribution in [1.82, 2.24) is 0 Å². The molecule has 0 aromatic heterocycles. The Bertz CT molecular complexity index is 5240. The van der Waals surface area contributed by atoms with Gasteiger partial charge >= 0.3 is 73.4 Å². The zero-order chi connectivity index (χ0) is 82.1. The van der Waals surface area contributed by atoms with Gasteiger partial charge < -0.3 is 9.80 Å². The fourth-order valence-corrected chi connectivity index (χ4v) is 27.0. The van der Waals surface area contributed by atoms with Gasteiger partial charge in [0.25, 0.3) is 0 Å². The van der Waals surface area contributed by atoms with E-state index >= 15 is 0 Å². The number of rotatable bonds is 16. The van der Waals surface area contributed by atoms with E-state index < -0.39 is 13.5 Å².